The van der Waals surface area contributed by atoms with E-state index in [2.05, 4.69) is 15.5 Å². The van der Waals surface area contributed by atoms with Crippen molar-refractivity contribution in [3.05, 3.63) is 35.2 Å². The van der Waals surface area contributed by atoms with Gasteiger partial charge in [-0.05, 0) is 19.2 Å². The third-order valence-electron chi connectivity index (χ3n) is 3.33. The monoisotopic (exact) mass is 295 g/mol. The summed E-state index contributed by atoms with van der Waals surface area (Å²) >= 11 is 8.05. The van der Waals surface area contributed by atoms with E-state index in [1.54, 1.807) is 0 Å². The Morgan fingerprint density at radius 3 is 3.00 bits per heavy atom. The Labute approximate surface area is 120 Å². The summed E-state index contributed by atoms with van der Waals surface area (Å²) < 4.78 is 5.42. The minimum atomic E-state index is 0.277. The van der Waals surface area contributed by atoms with Crippen LogP contribution in [0.15, 0.2) is 28.8 Å². The molecule has 1 aromatic heterocycles. The lowest BCUT2D eigenvalue weighted by atomic mass is 10.0. The molecule has 4 nitrogen and oxygen atoms in total. The summed E-state index contributed by atoms with van der Waals surface area (Å²) in [7, 11) is 1.97. The molecule has 19 heavy (non-hydrogen) atoms. The van der Waals surface area contributed by atoms with Crippen LogP contribution in [0.4, 0.5) is 0 Å². The van der Waals surface area contributed by atoms with Crippen LogP contribution in [0.3, 0.4) is 0 Å². The maximum Gasteiger partial charge on any atom is 0.232 e. The molecule has 2 atom stereocenters. The number of halogens is 1. The smallest absolute Gasteiger partial charge is 0.232 e. The van der Waals surface area contributed by atoms with Gasteiger partial charge < -0.3 is 9.84 Å². The van der Waals surface area contributed by atoms with Crippen LogP contribution in [0, 0.1) is 0 Å². The van der Waals surface area contributed by atoms with E-state index >= 15 is 0 Å². The minimum Gasteiger partial charge on any atom is -0.339 e. The molecule has 1 N–H and O–H groups in total. The van der Waals surface area contributed by atoms with Crippen molar-refractivity contribution in [2.45, 2.75) is 12.0 Å². The third kappa shape index (κ3) is 2.50. The topological polar surface area (TPSA) is 51.0 Å². The van der Waals surface area contributed by atoms with Crippen molar-refractivity contribution < 1.29 is 4.52 Å². The number of rotatable bonds is 3. The molecule has 1 aliphatic rings. The van der Waals surface area contributed by atoms with Crippen LogP contribution in [-0.2, 0) is 0 Å². The van der Waals surface area contributed by atoms with Gasteiger partial charge in [-0.3, -0.25) is 0 Å². The molecular formula is C13H14ClN3OS. The number of aromatic nitrogens is 2. The number of hydrogen-bond acceptors (Lipinski definition) is 5. The lowest BCUT2D eigenvalue weighted by Crippen LogP contribution is -2.31. The van der Waals surface area contributed by atoms with Gasteiger partial charge in [0.25, 0.3) is 0 Å². The Bertz CT molecular complexity index is 575. The third-order valence-corrected chi connectivity index (χ3v) is 4.84. The number of nitrogens with zero attached hydrogens (tertiary/aromatic N) is 2. The standard InChI is InChI=1S/C13H14ClN3OS/c1-15-11-7-19-6-9(11)13-16-12(17-18-13)8-4-2-3-5-10(8)14/h2-5,9,11,15H,6-7H2,1H3. The highest BCUT2D eigenvalue weighted by atomic mass is 35.5. The van der Waals surface area contributed by atoms with Crippen LogP contribution in [0.1, 0.15) is 11.8 Å². The van der Waals surface area contributed by atoms with Crippen molar-refractivity contribution in [3.63, 3.8) is 0 Å². The highest BCUT2D eigenvalue weighted by molar-refractivity contribution is 7.99. The van der Waals surface area contributed by atoms with Crippen molar-refractivity contribution in [2.24, 2.45) is 0 Å². The van der Waals surface area contributed by atoms with Gasteiger partial charge >= 0.3 is 0 Å². The van der Waals surface area contributed by atoms with Crippen molar-refractivity contribution in [1.29, 1.82) is 0 Å². The summed E-state index contributed by atoms with van der Waals surface area (Å²) in [5.41, 5.74) is 0.811. The Balaban J connectivity index is 1.90. The molecule has 2 heterocycles. The summed E-state index contributed by atoms with van der Waals surface area (Å²) in [6.45, 7) is 0. The van der Waals surface area contributed by atoms with Crippen molar-refractivity contribution in [1.82, 2.24) is 15.5 Å². The van der Waals surface area contributed by atoms with Crippen molar-refractivity contribution >= 4 is 23.4 Å². The second-order valence-electron chi connectivity index (χ2n) is 4.48. The molecule has 6 heteroatoms. The van der Waals surface area contributed by atoms with E-state index in [0.717, 1.165) is 17.1 Å². The average Bonchev–Trinajstić information content (AvgIpc) is 3.07. The van der Waals surface area contributed by atoms with E-state index in [0.29, 0.717) is 22.8 Å². The molecule has 2 aromatic rings. The zero-order valence-electron chi connectivity index (χ0n) is 10.5. The van der Waals surface area contributed by atoms with Gasteiger partial charge in [0.1, 0.15) is 0 Å². The van der Waals surface area contributed by atoms with E-state index in [1.165, 1.54) is 0 Å². The quantitative estimate of drug-likeness (QED) is 0.943. The van der Waals surface area contributed by atoms with Gasteiger partial charge in [0.05, 0.1) is 10.9 Å². The zero-order valence-corrected chi connectivity index (χ0v) is 12.0. The van der Waals surface area contributed by atoms with E-state index in [4.69, 9.17) is 16.1 Å². The number of nitrogens with one attached hydrogen (secondary N) is 1. The molecular weight excluding hydrogens is 282 g/mol. The molecule has 0 radical (unpaired) electrons. The molecule has 0 bridgehead atoms. The summed E-state index contributed by atoms with van der Waals surface area (Å²) in [4.78, 5) is 4.51. The molecule has 1 aromatic carbocycles. The Hall–Kier alpha value is -1.04. The summed E-state index contributed by atoms with van der Waals surface area (Å²) in [6, 6.07) is 7.92. The van der Waals surface area contributed by atoms with Crippen LogP contribution in [-0.4, -0.2) is 34.7 Å². The van der Waals surface area contributed by atoms with Crippen LogP contribution in [0.5, 0.6) is 0 Å². The maximum absolute atomic E-state index is 6.15. The van der Waals surface area contributed by atoms with E-state index in [9.17, 15) is 0 Å². The average molecular weight is 296 g/mol. The Morgan fingerprint density at radius 2 is 2.21 bits per heavy atom. The van der Waals surface area contributed by atoms with Gasteiger partial charge in [0, 0.05) is 23.1 Å². The van der Waals surface area contributed by atoms with Gasteiger partial charge in [-0.15, -0.1) is 0 Å². The fourth-order valence-electron chi connectivity index (χ4n) is 2.22. The first-order valence-corrected chi connectivity index (χ1v) is 7.66. The van der Waals surface area contributed by atoms with Crippen molar-refractivity contribution in [2.75, 3.05) is 18.6 Å². The van der Waals surface area contributed by atoms with Gasteiger partial charge in [0.2, 0.25) is 11.7 Å². The van der Waals surface area contributed by atoms with E-state index in [1.807, 2.05) is 43.1 Å². The van der Waals surface area contributed by atoms with Gasteiger partial charge in [-0.2, -0.15) is 16.7 Å². The first kappa shape index (κ1) is 13.0. The van der Waals surface area contributed by atoms with Gasteiger partial charge in [0.15, 0.2) is 0 Å². The maximum atomic E-state index is 6.15. The molecule has 1 fully saturated rings. The first-order valence-electron chi connectivity index (χ1n) is 6.13. The van der Waals surface area contributed by atoms with Gasteiger partial charge in [-0.1, -0.05) is 28.9 Å². The molecule has 1 aliphatic heterocycles. The number of likely N-dealkylation sites (N-methyl/N-ethyl adjacent to an activating group) is 1. The summed E-state index contributed by atoms with van der Waals surface area (Å²) in [6.07, 6.45) is 0. The van der Waals surface area contributed by atoms with Crippen LogP contribution < -0.4 is 5.32 Å². The van der Waals surface area contributed by atoms with Crippen LogP contribution in [0.2, 0.25) is 5.02 Å². The van der Waals surface area contributed by atoms with Gasteiger partial charge in [-0.25, -0.2) is 0 Å². The zero-order chi connectivity index (χ0) is 13.2. The molecule has 3 rings (SSSR count). The molecule has 0 aliphatic carbocycles. The molecule has 0 spiro atoms. The Kier molecular flexibility index (Phi) is 3.77. The largest absolute Gasteiger partial charge is 0.339 e. The van der Waals surface area contributed by atoms with Crippen molar-refractivity contribution in [3.8, 4) is 11.4 Å². The molecule has 2 unspecified atom stereocenters. The number of benzene rings is 1. The predicted octanol–water partition coefficient (Wildman–Crippen LogP) is 2.81. The molecule has 100 valence electrons. The lowest BCUT2D eigenvalue weighted by Gasteiger charge is -2.13. The second kappa shape index (κ2) is 5.53. The summed E-state index contributed by atoms with van der Waals surface area (Å²) in [5.74, 6) is 3.62. The highest BCUT2D eigenvalue weighted by Gasteiger charge is 2.32. The molecule has 0 amide bonds. The highest BCUT2D eigenvalue weighted by Crippen LogP contribution is 2.33. The SMILES string of the molecule is CNC1CSCC1c1nc(-c2ccccc2Cl)no1. The number of hydrogen-bond donors (Lipinski definition) is 1. The first-order chi connectivity index (χ1) is 9.29. The van der Waals surface area contributed by atoms with Crippen LogP contribution >= 0.6 is 23.4 Å². The van der Waals surface area contributed by atoms with E-state index in [-0.39, 0.29) is 5.92 Å². The second-order valence-corrected chi connectivity index (χ2v) is 5.96. The van der Waals surface area contributed by atoms with Crippen LogP contribution in [0.25, 0.3) is 11.4 Å². The number of thioether (sulfide) groups is 1. The van der Waals surface area contributed by atoms with E-state index < -0.39 is 0 Å². The normalized spacial score (nSPS) is 22.8. The summed E-state index contributed by atoms with van der Waals surface area (Å²) in [5, 5.41) is 7.99. The fourth-order valence-corrected chi connectivity index (χ4v) is 3.86. The Morgan fingerprint density at radius 1 is 1.37 bits per heavy atom. The molecule has 1 saturated heterocycles. The lowest BCUT2D eigenvalue weighted by molar-refractivity contribution is 0.344. The fraction of sp³-hybridized carbons (Fsp3) is 0.385. The molecule has 0 saturated carbocycles. The predicted molar refractivity (Wildman–Crippen MR) is 77.7 cm³/mol. The minimum absolute atomic E-state index is 0.277.